The van der Waals surface area contributed by atoms with Crippen molar-refractivity contribution < 1.29 is 19.4 Å². The monoisotopic (exact) mass is 318 g/mol. The van der Waals surface area contributed by atoms with Crippen molar-refractivity contribution in [2.75, 3.05) is 32.8 Å². The molecule has 3 rings (SSSR count). The average molecular weight is 318 g/mol. The molecule has 2 fully saturated rings. The topological polar surface area (TPSA) is 70.1 Å². The van der Waals surface area contributed by atoms with E-state index >= 15 is 0 Å². The van der Waals surface area contributed by atoms with Gasteiger partial charge in [-0.2, -0.15) is 0 Å². The van der Waals surface area contributed by atoms with Crippen LogP contribution in [-0.4, -0.2) is 65.6 Å². The summed E-state index contributed by atoms with van der Waals surface area (Å²) in [5.74, 6) is -0.151. The Morgan fingerprint density at radius 1 is 1.17 bits per heavy atom. The molecule has 124 valence electrons. The summed E-state index contributed by atoms with van der Waals surface area (Å²) < 4.78 is 5.44. The van der Waals surface area contributed by atoms with Crippen molar-refractivity contribution in [2.45, 2.75) is 25.9 Å². The second-order valence-corrected chi connectivity index (χ2v) is 6.14. The maximum absolute atomic E-state index is 12.5. The molecule has 0 bridgehead atoms. The number of hydrogen-bond acceptors (Lipinski definition) is 4. The van der Waals surface area contributed by atoms with Crippen LogP contribution in [0, 0.1) is 6.92 Å². The molecule has 1 unspecified atom stereocenters. The van der Waals surface area contributed by atoms with Crippen molar-refractivity contribution in [1.29, 1.82) is 0 Å². The van der Waals surface area contributed by atoms with Gasteiger partial charge in [0.2, 0.25) is 0 Å². The number of carbonyl (C=O) groups is 2. The Hall–Kier alpha value is -2.08. The van der Waals surface area contributed by atoms with Crippen LogP contribution in [0.4, 0.5) is 0 Å². The molecule has 2 aliphatic rings. The molecule has 0 aliphatic carbocycles. The highest BCUT2D eigenvalue weighted by molar-refractivity contribution is 5.97. The summed E-state index contributed by atoms with van der Waals surface area (Å²) in [7, 11) is 0. The van der Waals surface area contributed by atoms with Crippen LogP contribution in [0.2, 0.25) is 0 Å². The number of ether oxygens (including phenoxy) is 1. The highest BCUT2D eigenvalue weighted by atomic mass is 16.5. The largest absolute Gasteiger partial charge is 0.507 e. The van der Waals surface area contributed by atoms with Gasteiger partial charge in [-0.05, 0) is 31.9 Å². The lowest BCUT2D eigenvalue weighted by atomic mass is 10.1. The maximum atomic E-state index is 12.5. The quantitative estimate of drug-likeness (QED) is 0.888. The van der Waals surface area contributed by atoms with E-state index in [1.807, 2.05) is 6.92 Å². The van der Waals surface area contributed by atoms with Gasteiger partial charge in [0.1, 0.15) is 11.9 Å². The second kappa shape index (κ2) is 6.58. The summed E-state index contributed by atoms with van der Waals surface area (Å²) >= 11 is 0. The van der Waals surface area contributed by atoms with Crippen molar-refractivity contribution in [1.82, 2.24) is 9.80 Å². The third kappa shape index (κ3) is 3.32. The van der Waals surface area contributed by atoms with Crippen molar-refractivity contribution in [3.63, 3.8) is 0 Å². The molecule has 2 heterocycles. The molecule has 0 saturated carbocycles. The molecular weight excluding hydrogens is 296 g/mol. The van der Waals surface area contributed by atoms with Crippen LogP contribution < -0.4 is 0 Å². The van der Waals surface area contributed by atoms with E-state index in [9.17, 15) is 14.7 Å². The number of phenolic OH excluding ortho intramolecular Hbond substituents is 1. The van der Waals surface area contributed by atoms with E-state index in [2.05, 4.69) is 0 Å². The van der Waals surface area contributed by atoms with Crippen molar-refractivity contribution in [3.8, 4) is 5.75 Å². The fourth-order valence-electron chi connectivity index (χ4n) is 3.10. The zero-order chi connectivity index (χ0) is 16.4. The van der Waals surface area contributed by atoms with E-state index in [1.54, 1.807) is 28.0 Å². The Kier molecular flexibility index (Phi) is 4.52. The Labute approximate surface area is 135 Å². The van der Waals surface area contributed by atoms with Gasteiger partial charge in [0, 0.05) is 32.8 Å². The third-order valence-electron chi connectivity index (χ3n) is 4.47. The van der Waals surface area contributed by atoms with E-state index in [4.69, 9.17) is 4.74 Å². The molecule has 0 aromatic heterocycles. The number of piperazine rings is 1. The number of amides is 2. The summed E-state index contributed by atoms with van der Waals surface area (Å²) in [6.07, 6.45) is 1.41. The molecule has 0 radical (unpaired) electrons. The first-order valence-corrected chi connectivity index (χ1v) is 8.05. The van der Waals surface area contributed by atoms with Crippen LogP contribution in [0.25, 0.3) is 0 Å². The number of aromatic hydroxyl groups is 1. The van der Waals surface area contributed by atoms with E-state index in [-0.39, 0.29) is 23.7 Å². The van der Waals surface area contributed by atoms with Gasteiger partial charge in [-0.1, -0.05) is 11.6 Å². The fraction of sp³-hybridized carbons (Fsp3) is 0.529. The predicted octanol–water partition coefficient (Wildman–Crippen LogP) is 1.16. The van der Waals surface area contributed by atoms with Gasteiger partial charge >= 0.3 is 0 Å². The maximum Gasteiger partial charge on any atom is 0.257 e. The number of nitrogens with zero attached hydrogens (tertiary/aromatic N) is 2. The number of hydrogen-bond donors (Lipinski definition) is 1. The van der Waals surface area contributed by atoms with Gasteiger partial charge in [0.25, 0.3) is 11.8 Å². The lowest BCUT2D eigenvalue weighted by Gasteiger charge is -2.35. The zero-order valence-corrected chi connectivity index (χ0v) is 13.3. The minimum Gasteiger partial charge on any atom is -0.507 e. The van der Waals surface area contributed by atoms with Crippen molar-refractivity contribution in [2.24, 2.45) is 0 Å². The predicted molar refractivity (Wildman–Crippen MR) is 84.3 cm³/mol. The van der Waals surface area contributed by atoms with Crippen molar-refractivity contribution in [3.05, 3.63) is 29.3 Å². The van der Waals surface area contributed by atoms with Crippen LogP contribution in [-0.2, 0) is 9.53 Å². The molecule has 1 aromatic carbocycles. The van der Waals surface area contributed by atoms with Gasteiger partial charge < -0.3 is 19.6 Å². The molecule has 2 aliphatic heterocycles. The van der Waals surface area contributed by atoms with Crippen LogP contribution in [0.15, 0.2) is 18.2 Å². The Balaban J connectivity index is 1.61. The van der Waals surface area contributed by atoms with Crippen LogP contribution in [0.1, 0.15) is 28.8 Å². The van der Waals surface area contributed by atoms with Gasteiger partial charge in [0.15, 0.2) is 0 Å². The molecule has 1 aromatic rings. The van der Waals surface area contributed by atoms with Gasteiger partial charge in [-0.3, -0.25) is 9.59 Å². The van der Waals surface area contributed by atoms with E-state index in [1.165, 1.54) is 0 Å². The molecule has 6 heteroatoms. The summed E-state index contributed by atoms with van der Waals surface area (Å²) in [6, 6.07) is 5.01. The van der Waals surface area contributed by atoms with E-state index < -0.39 is 0 Å². The minimum atomic E-state index is -0.307. The molecule has 1 atom stereocenters. The smallest absolute Gasteiger partial charge is 0.257 e. The summed E-state index contributed by atoms with van der Waals surface area (Å²) in [6.45, 7) is 4.51. The number of aryl methyl sites for hydroxylation is 1. The standard InChI is InChI=1S/C17H22N2O4/c1-12-4-5-14(20)13(11-12)16(21)18-6-8-19(9-7-18)17(22)15-3-2-10-23-15/h4-5,11,15,20H,2-3,6-10H2,1H3. The summed E-state index contributed by atoms with van der Waals surface area (Å²) in [4.78, 5) is 28.3. The lowest BCUT2D eigenvalue weighted by Crippen LogP contribution is -2.52. The molecule has 2 saturated heterocycles. The molecular formula is C17H22N2O4. The van der Waals surface area contributed by atoms with Gasteiger partial charge in [-0.15, -0.1) is 0 Å². The first-order chi connectivity index (χ1) is 11.1. The van der Waals surface area contributed by atoms with Crippen LogP contribution in [0.3, 0.4) is 0 Å². The lowest BCUT2D eigenvalue weighted by molar-refractivity contribution is -0.142. The highest BCUT2D eigenvalue weighted by Gasteiger charge is 2.31. The number of benzene rings is 1. The molecule has 6 nitrogen and oxygen atoms in total. The molecule has 0 spiro atoms. The second-order valence-electron chi connectivity index (χ2n) is 6.14. The zero-order valence-electron chi connectivity index (χ0n) is 13.3. The Morgan fingerprint density at radius 2 is 1.87 bits per heavy atom. The number of phenols is 1. The van der Waals surface area contributed by atoms with Crippen LogP contribution >= 0.6 is 0 Å². The third-order valence-corrected chi connectivity index (χ3v) is 4.47. The van der Waals surface area contributed by atoms with E-state index in [0.29, 0.717) is 38.3 Å². The first kappa shape index (κ1) is 15.8. The minimum absolute atomic E-state index is 0.00142. The Bertz CT molecular complexity index is 603. The number of carbonyl (C=O) groups excluding carboxylic acids is 2. The highest BCUT2D eigenvalue weighted by Crippen LogP contribution is 2.21. The molecule has 23 heavy (non-hydrogen) atoms. The molecule has 2 amide bonds. The summed E-state index contributed by atoms with van der Waals surface area (Å²) in [5.41, 5.74) is 1.25. The van der Waals surface area contributed by atoms with Gasteiger partial charge in [-0.25, -0.2) is 0 Å². The normalized spacial score (nSPS) is 21.5. The van der Waals surface area contributed by atoms with E-state index in [0.717, 1.165) is 18.4 Å². The number of rotatable bonds is 2. The van der Waals surface area contributed by atoms with Gasteiger partial charge in [0.05, 0.1) is 5.56 Å². The summed E-state index contributed by atoms with van der Waals surface area (Å²) in [5, 5.41) is 9.89. The van der Waals surface area contributed by atoms with Crippen molar-refractivity contribution >= 4 is 11.8 Å². The molecule has 1 N–H and O–H groups in total. The fourth-order valence-corrected chi connectivity index (χ4v) is 3.10. The first-order valence-electron chi connectivity index (χ1n) is 8.05. The average Bonchev–Trinajstić information content (AvgIpc) is 3.10. The van der Waals surface area contributed by atoms with Crippen LogP contribution in [0.5, 0.6) is 5.75 Å². The SMILES string of the molecule is Cc1ccc(O)c(C(=O)N2CCN(C(=O)C3CCCO3)CC2)c1. The Morgan fingerprint density at radius 3 is 2.52 bits per heavy atom.